The Hall–Kier alpha value is -1.32. The lowest BCUT2D eigenvalue weighted by molar-refractivity contribution is -0.132. The molecule has 2 fully saturated rings. The molecule has 98 valence electrons. The second-order valence-electron chi connectivity index (χ2n) is 5.70. The monoisotopic (exact) mass is 247 g/mol. The number of hydrogen-bond acceptors (Lipinski definition) is 2. The Morgan fingerprint density at radius 2 is 2.00 bits per heavy atom. The SMILES string of the molecule is O=C(NCc1cnc[nH]1)C(C1CCC1)C1CCC1. The van der Waals surface area contributed by atoms with Gasteiger partial charge in [0.05, 0.1) is 18.6 Å². The van der Waals surface area contributed by atoms with Gasteiger partial charge in [-0.3, -0.25) is 4.79 Å². The summed E-state index contributed by atoms with van der Waals surface area (Å²) in [6.45, 7) is 0.578. The van der Waals surface area contributed by atoms with Crippen LogP contribution >= 0.6 is 0 Å². The summed E-state index contributed by atoms with van der Waals surface area (Å²) in [7, 11) is 0. The van der Waals surface area contributed by atoms with Gasteiger partial charge in [0, 0.05) is 12.1 Å². The predicted octanol–water partition coefficient (Wildman–Crippen LogP) is 2.24. The van der Waals surface area contributed by atoms with Crippen LogP contribution in [0.25, 0.3) is 0 Å². The molecule has 18 heavy (non-hydrogen) atoms. The normalized spacial score (nSPS) is 20.5. The lowest BCUT2D eigenvalue weighted by Crippen LogP contribution is -2.43. The minimum atomic E-state index is 0.263. The summed E-state index contributed by atoms with van der Waals surface area (Å²) in [5.41, 5.74) is 0.976. The van der Waals surface area contributed by atoms with Crippen molar-refractivity contribution in [3.05, 3.63) is 18.2 Å². The van der Waals surface area contributed by atoms with E-state index in [0.717, 1.165) is 5.69 Å². The van der Waals surface area contributed by atoms with Gasteiger partial charge in [0.25, 0.3) is 0 Å². The molecular weight excluding hydrogens is 226 g/mol. The fourth-order valence-corrected chi connectivity index (χ4v) is 3.09. The summed E-state index contributed by atoms with van der Waals surface area (Å²) in [6, 6.07) is 0. The molecule has 3 rings (SSSR count). The third-order valence-electron chi connectivity index (χ3n) is 4.63. The quantitative estimate of drug-likeness (QED) is 0.838. The second-order valence-corrected chi connectivity index (χ2v) is 5.70. The molecule has 2 saturated carbocycles. The number of imidazole rings is 1. The number of nitrogens with one attached hydrogen (secondary N) is 2. The van der Waals surface area contributed by atoms with E-state index in [4.69, 9.17) is 0 Å². The van der Waals surface area contributed by atoms with Crippen LogP contribution < -0.4 is 5.32 Å². The highest BCUT2D eigenvalue weighted by Gasteiger charge is 2.40. The lowest BCUT2D eigenvalue weighted by Gasteiger charge is -2.41. The third kappa shape index (κ3) is 2.28. The highest BCUT2D eigenvalue weighted by molar-refractivity contribution is 5.79. The van der Waals surface area contributed by atoms with Crippen LogP contribution in [0.15, 0.2) is 12.5 Å². The van der Waals surface area contributed by atoms with E-state index in [9.17, 15) is 4.79 Å². The molecule has 0 bridgehead atoms. The van der Waals surface area contributed by atoms with Gasteiger partial charge in [-0.15, -0.1) is 0 Å². The van der Waals surface area contributed by atoms with E-state index in [2.05, 4.69) is 15.3 Å². The molecule has 0 aliphatic heterocycles. The number of rotatable bonds is 5. The van der Waals surface area contributed by atoms with Crippen LogP contribution in [0, 0.1) is 17.8 Å². The van der Waals surface area contributed by atoms with E-state index in [1.54, 1.807) is 12.5 Å². The van der Waals surface area contributed by atoms with Gasteiger partial charge >= 0.3 is 0 Å². The molecule has 2 N–H and O–H groups in total. The van der Waals surface area contributed by atoms with Crippen LogP contribution in [0.2, 0.25) is 0 Å². The number of aromatic nitrogens is 2. The molecule has 0 spiro atoms. The van der Waals surface area contributed by atoms with Crippen molar-refractivity contribution >= 4 is 5.91 Å². The zero-order chi connectivity index (χ0) is 12.4. The van der Waals surface area contributed by atoms with Gasteiger partial charge in [0.15, 0.2) is 0 Å². The first kappa shape index (κ1) is 11.8. The highest BCUT2D eigenvalue weighted by Crippen LogP contribution is 2.44. The zero-order valence-corrected chi connectivity index (χ0v) is 10.7. The van der Waals surface area contributed by atoms with Crippen molar-refractivity contribution in [3.8, 4) is 0 Å². The Labute approximate surface area is 108 Å². The Kier molecular flexibility index (Phi) is 3.35. The fraction of sp³-hybridized carbons (Fsp3) is 0.714. The molecule has 0 saturated heterocycles. The van der Waals surface area contributed by atoms with Crippen molar-refractivity contribution < 1.29 is 4.79 Å². The summed E-state index contributed by atoms with van der Waals surface area (Å²) >= 11 is 0. The van der Waals surface area contributed by atoms with Crippen LogP contribution in [0.5, 0.6) is 0 Å². The molecule has 0 radical (unpaired) electrons. The summed E-state index contributed by atoms with van der Waals surface area (Å²) in [6.07, 6.45) is 11.0. The molecule has 4 heteroatoms. The van der Waals surface area contributed by atoms with Crippen molar-refractivity contribution in [2.75, 3.05) is 0 Å². The maximum absolute atomic E-state index is 12.4. The maximum Gasteiger partial charge on any atom is 0.223 e. The molecule has 1 aromatic heterocycles. The third-order valence-corrected chi connectivity index (χ3v) is 4.63. The molecule has 1 amide bonds. The first-order valence-electron chi connectivity index (χ1n) is 7.09. The van der Waals surface area contributed by atoms with E-state index in [0.29, 0.717) is 18.4 Å². The number of carbonyl (C=O) groups excluding carboxylic acids is 1. The molecule has 0 unspecified atom stereocenters. The number of hydrogen-bond donors (Lipinski definition) is 2. The van der Waals surface area contributed by atoms with E-state index in [1.165, 1.54) is 38.5 Å². The van der Waals surface area contributed by atoms with E-state index in [-0.39, 0.29) is 11.8 Å². The highest BCUT2D eigenvalue weighted by atomic mass is 16.1. The van der Waals surface area contributed by atoms with Gasteiger partial charge in [0.1, 0.15) is 0 Å². The van der Waals surface area contributed by atoms with Gasteiger partial charge < -0.3 is 10.3 Å². The minimum Gasteiger partial charge on any atom is -0.350 e. The molecule has 0 atom stereocenters. The molecule has 1 aromatic rings. The molecular formula is C14H21N3O. The number of nitrogens with zero attached hydrogens (tertiary/aromatic N) is 1. The summed E-state index contributed by atoms with van der Waals surface area (Å²) in [4.78, 5) is 19.3. The molecule has 0 aromatic carbocycles. The largest absolute Gasteiger partial charge is 0.350 e. The van der Waals surface area contributed by atoms with Crippen molar-refractivity contribution in [2.45, 2.75) is 45.1 Å². The Bertz CT molecular complexity index is 379. The Morgan fingerprint density at radius 3 is 2.44 bits per heavy atom. The predicted molar refractivity (Wildman–Crippen MR) is 68.6 cm³/mol. The van der Waals surface area contributed by atoms with Crippen LogP contribution in [0.1, 0.15) is 44.2 Å². The number of H-pyrrole nitrogens is 1. The zero-order valence-electron chi connectivity index (χ0n) is 10.7. The van der Waals surface area contributed by atoms with E-state index < -0.39 is 0 Å². The van der Waals surface area contributed by atoms with Crippen molar-refractivity contribution in [2.24, 2.45) is 17.8 Å². The Balaban J connectivity index is 1.57. The minimum absolute atomic E-state index is 0.263. The van der Waals surface area contributed by atoms with E-state index >= 15 is 0 Å². The van der Waals surface area contributed by atoms with Gasteiger partial charge in [-0.1, -0.05) is 12.8 Å². The fourth-order valence-electron chi connectivity index (χ4n) is 3.09. The van der Waals surface area contributed by atoms with Crippen LogP contribution in [-0.4, -0.2) is 15.9 Å². The standard InChI is InChI=1S/C14H21N3O/c18-14(16-8-12-7-15-9-17-12)13(10-3-1-4-10)11-5-2-6-11/h7,9-11,13H,1-6,8H2,(H,15,17)(H,16,18). The van der Waals surface area contributed by atoms with Crippen molar-refractivity contribution in [1.82, 2.24) is 15.3 Å². The summed E-state index contributed by atoms with van der Waals surface area (Å²) < 4.78 is 0. The number of carbonyl (C=O) groups is 1. The van der Waals surface area contributed by atoms with Gasteiger partial charge in [-0.25, -0.2) is 4.98 Å². The summed E-state index contributed by atoms with van der Waals surface area (Å²) in [5.74, 6) is 1.84. The smallest absolute Gasteiger partial charge is 0.223 e. The van der Waals surface area contributed by atoms with Crippen LogP contribution in [0.3, 0.4) is 0 Å². The van der Waals surface area contributed by atoms with Crippen LogP contribution in [-0.2, 0) is 11.3 Å². The van der Waals surface area contributed by atoms with Gasteiger partial charge in [-0.05, 0) is 37.5 Å². The van der Waals surface area contributed by atoms with E-state index in [1.807, 2.05) is 0 Å². The molecule has 4 nitrogen and oxygen atoms in total. The lowest BCUT2D eigenvalue weighted by atomic mass is 9.64. The number of aromatic amines is 1. The first-order chi connectivity index (χ1) is 8.84. The summed E-state index contributed by atoms with van der Waals surface area (Å²) in [5, 5.41) is 3.07. The van der Waals surface area contributed by atoms with Crippen molar-refractivity contribution in [3.63, 3.8) is 0 Å². The molecule has 1 heterocycles. The molecule has 2 aliphatic carbocycles. The van der Waals surface area contributed by atoms with Crippen molar-refractivity contribution in [1.29, 1.82) is 0 Å². The van der Waals surface area contributed by atoms with Gasteiger partial charge in [0.2, 0.25) is 5.91 Å². The topological polar surface area (TPSA) is 57.8 Å². The first-order valence-corrected chi connectivity index (χ1v) is 7.09. The number of amides is 1. The average molecular weight is 247 g/mol. The maximum atomic E-state index is 12.4. The second kappa shape index (κ2) is 5.12. The van der Waals surface area contributed by atoms with Crippen LogP contribution in [0.4, 0.5) is 0 Å². The average Bonchev–Trinajstić information content (AvgIpc) is 2.72. The molecule has 2 aliphatic rings. The van der Waals surface area contributed by atoms with Gasteiger partial charge in [-0.2, -0.15) is 0 Å². The Morgan fingerprint density at radius 1 is 1.33 bits per heavy atom.